The highest BCUT2D eigenvalue weighted by atomic mass is 16.5. The number of nitrogens with zero attached hydrogens (tertiary/aromatic N) is 4. The summed E-state index contributed by atoms with van der Waals surface area (Å²) < 4.78 is 6.82. The molecule has 0 saturated heterocycles. The minimum Gasteiger partial charge on any atom is -0.481 e. The average Bonchev–Trinajstić information content (AvgIpc) is 2.82. The van der Waals surface area contributed by atoms with Crippen LogP contribution < -0.4 is 10.5 Å². The van der Waals surface area contributed by atoms with Crippen molar-refractivity contribution >= 4 is 17.1 Å². The van der Waals surface area contributed by atoms with E-state index < -0.39 is 0 Å². The number of pyridine rings is 1. The Bertz CT molecular complexity index is 831. The number of hydrogen-bond donors (Lipinski definition) is 1. The van der Waals surface area contributed by atoms with Crippen molar-refractivity contribution in [1.29, 1.82) is 5.26 Å². The van der Waals surface area contributed by atoms with Crippen molar-refractivity contribution in [2.45, 2.75) is 0 Å². The monoisotopic (exact) mass is 265 g/mol. The van der Waals surface area contributed by atoms with Crippen LogP contribution in [0.15, 0.2) is 36.4 Å². The summed E-state index contributed by atoms with van der Waals surface area (Å²) in [5.74, 6) is 0.797. The first kappa shape index (κ1) is 12.0. The topological polar surface area (TPSA) is 89.8 Å². The van der Waals surface area contributed by atoms with Crippen molar-refractivity contribution < 1.29 is 4.74 Å². The van der Waals surface area contributed by atoms with Crippen molar-refractivity contribution in [1.82, 2.24) is 14.5 Å². The van der Waals surface area contributed by atoms with Gasteiger partial charge in [0.1, 0.15) is 5.52 Å². The Kier molecular flexibility index (Phi) is 2.73. The minimum atomic E-state index is 0.316. The van der Waals surface area contributed by atoms with Crippen molar-refractivity contribution in [2.24, 2.45) is 0 Å². The van der Waals surface area contributed by atoms with Crippen LogP contribution in [0.4, 0.5) is 5.95 Å². The fraction of sp³-hybridized carbons (Fsp3) is 0.0714. The summed E-state index contributed by atoms with van der Waals surface area (Å²) in [6.45, 7) is 0. The molecule has 3 aromatic rings. The first-order valence-corrected chi connectivity index (χ1v) is 5.92. The maximum Gasteiger partial charge on any atom is 0.215 e. The van der Waals surface area contributed by atoms with E-state index in [-0.39, 0.29) is 0 Å². The fourth-order valence-electron chi connectivity index (χ4n) is 2.04. The summed E-state index contributed by atoms with van der Waals surface area (Å²) in [7, 11) is 1.55. The van der Waals surface area contributed by atoms with Crippen molar-refractivity contribution in [3.63, 3.8) is 0 Å². The molecule has 0 aliphatic heterocycles. The number of ether oxygens (including phenoxy) is 1. The van der Waals surface area contributed by atoms with Gasteiger partial charge in [-0.3, -0.25) is 4.57 Å². The molecule has 1 aromatic carbocycles. The Labute approximate surface area is 115 Å². The summed E-state index contributed by atoms with van der Waals surface area (Å²) in [4.78, 5) is 8.62. The second kappa shape index (κ2) is 4.55. The molecular formula is C14H11N5O. The van der Waals surface area contributed by atoms with Crippen LogP contribution >= 0.6 is 0 Å². The molecule has 98 valence electrons. The van der Waals surface area contributed by atoms with Gasteiger partial charge in [-0.25, -0.2) is 4.98 Å². The molecule has 0 aliphatic carbocycles. The number of benzene rings is 1. The lowest BCUT2D eigenvalue weighted by Crippen LogP contribution is -2.02. The van der Waals surface area contributed by atoms with Crippen LogP contribution in [-0.4, -0.2) is 21.6 Å². The van der Waals surface area contributed by atoms with Gasteiger partial charge < -0.3 is 10.5 Å². The van der Waals surface area contributed by atoms with Crippen LogP contribution in [0.1, 0.15) is 5.56 Å². The lowest BCUT2D eigenvalue weighted by atomic mass is 10.2. The second-order valence-corrected chi connectivity index (χ2v) is 4.16. The van der Waals surface area contributed by atoms with Crippen LogP contribution in [0.3, 0.4) is 0 Å². The summed E-state index contributed by atoms with van der Waals surface area (Å²) >= 11 is 0. The Morgan fingerprint density at radius 3 is 2.85 bits per heavy atom. The van der Waals surface area contributed by atoms with Gasteiger partial charge in [0.05, 0.1) is 24.4 Å². The molecule has 0 unspecified atom stereocenters. The molecule has 0 radical (unpaired) electrons. The number of nitrogen functional groups attached to an aromatic ring is 1. The quantitative estimate of drug-likeness (QED) is 0.764. The van der Waals surface area contributed by atoms with Crippen LogP contribution in [0.2, 0.25) is 0 Å². The molecule has 3 rings (SSSR count). The van der Waals surface area contributed by atoms with Crippen molar-refractivity contribution in [3.8, 4) is 17.6 Å². The Morgan fingerprint density at radius 2 is 2.10 bits per heavy atom. The SMILES string of the molecule is COc1ccc2nc(N)n(-c3cccc(C#N)c3)c2n1. The molecular weight excluding hydrogens is 254 g/mol. The smallest absolute Gasteiger partial charge is 0.215 e. The Hall–Kier alpha value is -3.07. The molecule has 20 heavy (non-hydrogen) atoms. The first-order chi connectivity index (χ1) is 9.72. The van der Waals surface area contributed by atoms with Gasteiger partial charge in [-0.05, 0) is 24.3 Å². The normalized spacial score (nSPS) is 10.4. The number of aromatic nitrogens is 3. The molecule has 0 aliphatic rings. The van der Waals surface area contributed by atoms with Crippen molar-refractivity contribution in [2.75, 3.05) is 12.8 Å². The van der Waals surface area contributed by atoms with Crippen LogP contribution in [0, 0.1) is 11.3 Å². The summed E-state index contributed by atoms with van der Waals surface area (Å²) in [6.07, 6.45) is 0. The molecule has 2 N–H and O–H groups in total. The lowest BCUT2D eigenvalue weighted by Gasteiger charge is -2.06. The molecule has 2 aromatic heterocycles. The zero-order chi connectivity index (χ0) is 14.1. The maximum absolute atomic E-state index is 8.98. The molecule has 0 amide bonds. The van der Waals surface area contributed by atoms with Gasteiger partial charge in [0.25, 0.3) is 0 Å². The highest BCUT2D eigenvalue weighted by Crippen LogP contribution is 2.24. The summed E-state index contributed by atoms with van der Waals surface area (Å²) in [5, 5.41) is 8.98. The van der Waals surface area contributed by atoms with E-state index in [1.807, 2.05) is 6.07 Å². The van der Waals surface area contributed by atoms with E-state index in [4.69, 9.17) is 15.7 Å². The lowest BCUT2D eigenvalue weighted by molar-refractivity contribution is 0.399. The highest BCUT2D eigenvalue weighted by Gasteiger charge is 2.12. The number of rotatable bonds is 2. The van der Waals surface area contributed by atoms with E-state index in [1.165, 1.54) is 0 Å². The fourth-order valence-corrected chi connectivity index (χ4v) is 2.04. The van der Waals surface area contributed by atoms with E-state index in [1.54, 1.807) is 42.0 Å². The maximum atomic E-state index is 8.98. The predicted octanol–water partition coefficient (Wildman–Crippen LogP) is 1.88. The number of imidazole rings is 1. The largest absolute Gasteiger partial charge is 0.481 e. The molecule has 6 nitrogen and oxygen atoms in total. The average molecular weight is 265 g/mol. The predicted molar refractivity (Wildman–Crippen MR) is 74.5 cm³/mol. The molecule has 0 spiro atoms. The third kappa shape index (κ3) is 1.82. The van der Waals surface area contributed by atoms with Gasteiger partial charge in [0.15, 0.2) is 5.65 Å². The standard InChI is InChI=1S/C14H11N5O/c1-20-12-6-5-11-13(18-12)19(14(16)17-11)10-4-2-3-9(7-10)8-15/h2-7H,1H3,(H2,16,17). The van der Waals surface area contributed by atoms with Gasteiger partial charge in [0.2, 0.25) is 11.8 Å². The van der Waals surface area contributed by atoms with Crippen LogP contribution in [0.5, 0.6) is 5.88 Å². The molecule has 0 saturated carbocycles. The number of hydrogen-bond acceptors (Lipinski definition) is 5. The zero-order valence-corrected chi connectivity index (χ0v) is 10.7. The molecule has 0 fully saturated rings. The van der Waals surface area contributed by atoms with Gasteiger partial charge in [0, 0.05) is 6.07 Å². The van der Waals surface area contributed by atoms with E-state index >= 15 is 0 Å². The molecule has 0 atom stereocenters. The van der Waals surface area contributed by atoms with Crippen LogP contribution in [-0.2, 0) is 0 Å². The number of anilines is 1. The van der Waals surface area contributed by atoms with Gasteiger partial charge in [-0.2, -0.15) is 10.2 Å². The summed E-state index contributed by atoms with van der Waals surface area (Å²) in [6, 6.07) is 12.7. The third-order valence-electron chi connectivity index (χ3n) is 2.95. The molecule has 6 heteroatoms. The first-order valence-electron chi connectivity index (χ1n) is 5.92. The molecule has 0 bridgehead atoms. The van der Waals surface area contributed by atoms with Gasteiger partial charge >= 0.3 is 0 Å². The van der Waals surface area contributed by atoms with E-state index in [0.717, 1.165) is 5.69 Å². The van der Waals surface area contributed by atoms with Gasteiger partial charge in [-0.1, -0.05) is 6.07 Å². The Balaban J connectivity index is 2.29. The van der Waals surface area contributed by atoms with Crippen molar-refractivity contribution in [3.05, 3.63) is 42.0 Å². The zero-order valence-electron chi connectivity index (χ0n) is 10.7. The number of fused-ring (bicyclic) bond motifs is 1. The minimum absolute atomic E-state index is 0.316. The Morgan fingerprint density at radius 1 is 1.25 bits per heavy atom. The van der Waals surface area contributed by atoms with E-state index in [0.29, 0.717) is 28.6 Å². The molecule has 2 heterocycles. The number of methoxy groups -OCH3 is 1. The summed E-state index contributed by atoms with van der Waals surface area (Å²) in [5.41, 5.74) is 8.51. The van der Waals surface area contributed by atoms with E-state index in [9.17, 15) is 0 Å². The van der Waals surface area contributed by atoms with Gasteiger partial charge in [-0.15, -0.1) is 0 Å². The number of nitrogens with two attached hydrogens (primary N) is 1. The third-order valence-corrected chi connectivity index (χ3v) is 2.95. The number of nitriles is 1. The highest BCUT2D eigenvalue weighted by molar-refractivity contribution is 5.77. The van der Waals surface area contributed by atoms with E-state index in [2.05, 4.69) is 16.0 Å². The van der Waals surface area contributed by atoms with Crippen LogP contribution in [0.25, 0.3) is 16.9 Å². The second-order valence-electron chi connectivity index (χ2n) is 4.16.